The minimum atomic E-state index is 0.208. The second-order valence-electron chi connectivity index (χ2n) is 4.02. The van der Waals surface area contributed by atoms with E-state index in [0.717, 1.165) is 32.5 Å². The Labute approximate surface area is 93.4 Å². The number of amides is 1. The van der Waals surface area contributed by atoms with Crippen LogP contribution in [0.4, 0.5) is 0 Å². The van der Waals surface area contributed by atoms with E-state index in [1.807, 2.05) is 0 Å². The van der Waals surface area contributed by atoms with Crippen molar-refractivity contribution in [1.29, 1.82) is 0 Å². The van der Waals surface area contributed by atoms with Crippen LogP contribution in [0.25, 0.3) is 0 Å². The monoisotopic (exact) mass is 215 g/mol. The average Bonchev–Trinajstić information content (AvgIpc) is 2.18. The molecule has 4 heteroatoms. The molecule has 0 heterocycles. The van der Waals surface area contributed by atoms with Gasteiger partial charge in [-0.3, -0.25) is 4.79 Å². The van der Waals surface area contributed by atoms with Crippen LogP contribution in [0.5, 0.6) is 0 Å². The van der Waals surface area contributed by atoms with Crippen molar-refractivity contribution in [3.8, 4) is 0 Å². The van der Waals surface area contributed by atoms with Gasteiger partial charge in [-0.1, -0.05) is 6.92 Å². The quantitative estimate of drug-likeness (QED) is 0.642. The van der Waals surface area contributed by atoms with Crippen molar-refractivity contribution in [2.45, 2.75) is 26.2 Å². The molecule has 90 valence electrons. The van der Waals surface area contributed by atoms with Gasteiger partial charge in [0.05, 0.1) is 0 Å². The first-order valence-corrected chi connectivity index (χ1v) is 5.74. The lowest BCUT2D eigenvalue weighted by Crippen LogP contribution is -2.32. The van der Waals surface area contributed by atoms with Crippen molar-refractivity contribution in [2.24, 2.45) is 5.73 Å². The van der Waals surface area contributed by atoms with E-state index in [4.69, 9.17) is 5.73 Å². The lowest BCUT2D eigenvalue weighted by Gasteiger charge is -2.20. The molecule has 0 spiro atoms. The van der Waals surface area contributed by atoms with Crippen LogP contribution < -0.4 is 5.73 Å². The lowest BCUT2D eigenvalue weighted by molar-refractivity contribution is -0.128. The highest BCUT2D eigenvalue weighted by Gasteiger charge is 2.06. The maximum absolute atomic E-state index is 11.3. The smallest absolute Gasteiger partial charge is 0.222 e. The first kappa shape index (κ1) is 14.4. The fourth-order valence-electron chi connectivity index (χ4n) is 1.51. The Morgan fingerprint density at radius 1 is 1.20 bits per heavy atom. The summed E-state index contributed by atoms with van der Waals surface area (Å²) in [5.41, 5.74) is 5.52. The molecule has 0 radical (unpaired) electrons. The molecule has 0 aromatic carbocycles. The van der Waals surface area contributed by atoms with Gasteiger partial charge < -0.3 is 15.5 Å². The van der Waals surface area contributed by atoms with Gasteiger partial charge in [0.25, 0.3) is 0 Å². The van der Waals surface area contributed by atoms with Crippen LogP contribution in [-0.2, 0) is 4.79 Å². The first-order valence-electron chi connectivity index (χ1n) is 5.74. The summed E-state index contributed by atoms with van der Waals surface area (Å²) in [6.07, 6.45) is 2.70. The average molecular weight is 215 g/mol. The summed E-state index contributed by atoms with van der Waals surface area (Å²) in [5.74, 6) is 0.208. The van der Waals surface area contributed by atoms with Crippen LogP contribution in [0.3, 0.4) is 0 Å². The summed E-state index contributed by atoms with van der Waals surface area (Å²) >= 11 is 0. The molecular weight excluding hydrogens is 190 g/mol. The van der Waals surface area contributed by atoms with Crippen LogP contribution in [0.1, 0.15) is 26.2 Å². The van der Waals surface area contributed by atoms with Gasteiger partial charge >= 0.3 is 0 Å². The molecule has 0 aliphatic heterocycles. The molecule has 0 fully saturated rings. The summed E-state index contributed by atoms with van der Waals surface area (Å²) in [4.78, 5) is 15.3. The predicted molar refractivity (Wildman–Crippen MR) is 63.7 cm³/mol. The number of carbonyl (C=O) groups excluding carboxylic acids is 1. The maximum Gasteiger partial charge on any atom is 0.222 e. The molecule has 0 aliphatic rings. The van der Waals surface area contributed by atoms with Crippen LogP contribution in [-0.4, -0.2) is 56.0 Å². The van der Waals surface area contributed by atoms with Gasteiger partial charge in [0.1, 0.15) is 0 Å². The fourth-order valence-corrected chi connectivity index (χ4v) is 1.51. The molecule has 0 unspecified atom stereocenters. The molecule has 0 aliphatic carbocycles. The van der Waals surface area contributed by atoms with E-state index in [1.54, 1.807) is 19.0 Å². The highest BCUT2D eigenvalue weighted by atomic mass is 16.2. The Balaban J connectivity index is 3.65. The molecule has 0 aromatic heterocycles. The van der Waals surface area contributed by atoms with Crippen molar-refractivity contribution in [3.05, 3.63) is 0 Å². The molecule has 0 saturated heterocycles. The van der Waals surface area contributed by atoms with Gasteiger partial charge in [-0.25, -0.2) is 0 Å². The van der Waals surface area contributed by atoms with E-state index >= 15 is 0 Å². The van der Waals surface area contributed by atoms with Gasteiger partial charge in [-0.2, -0.15) is 0 Å². The fraction of sp³-hybridized carbons (Fsp3) is 0.909. The molecule has 0 rings (SSSR count). The van der Waals surface area contributed by atoms with E-state index in [1.165, 1.54) is 0 Å². The summed E-state index contributed by atoms with van der Waals surface area (Å²) in [7, 11) is 3.60. The Kier molecular flexibility index (Phi) is 8.33. The zero-order valence-corrected chi connectivity index (χ0v) is 10.3. The Morgan fingerprint density at radius 2 is 1.87 bits per heavy atom. The van der Waals surface area contributed by atoms with Crippen LogP contribution >= 0.6 is 0 Å². The van der Waals surface area contributed by atoms with Crippen LogP contribution in [0.15, 0.2) is 0 Å². The number of rotatable bonds is 8. The van der Waals surface area contributed by atoms with E-state index in [9.17, 15) is 4.79 Å². The lowest BCUT2D eigenvalue weighted by atomic mass is 10.2. The Morgan fingerprint density at radius 3 is 2.33 bits per heavy atom. The van der Waals surface area contributed by atoms with Crippen molar-refractivity contribution < 1.29 is 4.79 Å². The number of hydrogen-bond donors (Lipinski definition) is 1. The molecule has 0 saturated carbocycles. The molecule has 15 heavy (non-hydrogen) atoms. The third kappa shape index (κ3) is 7.33. The zero-order valence-electron chi connectivity index (χ0n) is 10.3. The number of hydrogen-bond acceptors (Lipinski definition) is 3. The van der Waals surface area contributed by atoms with E-state index in [-0.39, 0.29) is 5.91 Å². The summed E-state index contributed by atoms with van der Waals surface area (Å²) < 4.78 is 0. The standard InChI is InChI=1S/C11H25N3O/c1-4-8-14(10-7-12)9-5-6-11(15)13(2)3/h4-10,12H2,1-3H3. The third-order valence-corrected chi connectivity index (χ3v) is 2.35. The summed E-state index contributed by atoms with van der Waals surface area (Å²) in [6.45, 7) is 5.85. The SMILES string of the molecule is CCCN(CCN)CCCC(=O)N(C)C. The number of nitrogens with two attached hydrogens (primary N) is 1. The topological polar surface area (TPSA) is 49.6 Å². The Hall–Kier alpha value is -0.610. The van der Waals surface area contributed by atoms with Crippen molar-refractivity contribution >= 4 is 5.91 Å². The summed E-state index contributed by atoms with van der Waals surface area (Å²) in [6, 6.07) is 0. The number of carbonyl (C=O) groups is 1. The zero-order chi connectivity index (χ0) is 11.7. The van der Waals surface area contributed by atoms with Crippen molar-refractivity contribution in [1.82, 2.24) is 9.80 Å². The molecule has 0 aromatic rings. The molecule has 4 nitrogen and oxygen atoms in total. The number of nitrogens with zero attached hydrogens (tertiary/aromatic N) is 2. The third-order valence-electron chi connectivity index (χ3n) is 2.35. The van der Waals surface area contributed by atoms with Gasteiger partial charge in [-0.15, -0.1) is 0 Å². The van der Waals surface area contributed by atoms with E-state index in [0.29, 0.717) is 13.0 Å². The van der Waals surface area contributed by atoms with Gasteiger partial charge in [0.15, 0.2) is 0 Å². The van der Waals surface area contributed by atoms with Gasteiger partial charge in [0.2, 0.25) is 5.91 Å². The first-order chi connectivity index (χ1) is 7.11. The Bertz CT molecular complexity index is 165. The van der Waals surface area contributed by atoms with Gasteiger partial charge in [-0.05, 0) is 25.9 Å². The van der Waals surface area contributed by atoms with Crippen LogP contribution in [0.2, 0.25) is 0 Å². The van der Waals surface area contributed by atoms with E-state index in [2.05, 4.69) is 11.8 Å². The molecule has 2 N–H and O–H groups in total. The highest BCUT2D eigenvalue weighted by Crippen LogP contribution is 1.98. The van der Waals surface area contributed by atoms with E-state index < -0.39 is 0 Å². The second-order valence-corrected chi connectivity index (χ2v) is 4.02. The normalized spacial score (nSPS) is 10.7. The van der Waals surface area contributed by atoms with Crippen molar-refractivity contribution in [2.75, 3.05) is 40.3 Å². The second kappa shape index (κ2) is 8.68. The minimum absolute atomic E-state index is 0.208. The molecule has 1 amide bonds. The molecule has 0 bridgehead atoms. The van der Waals surface area contributed by atoms with Crippen LogP contribution in [0, 0.1) is 0 Å². The molecular formula is C11H25N3O. The largest absolute Gasteiger partial charge is 0.349 e. The molecule has 0 atom stereocenters. The maximum atomic E-state index is 11.3. The van der Waals surface area contributed by atoms with Crippen molar-refractivity contribution in [3.63, 3.8) is 0 Å². The summed E-state index contributed by atoms with van der Waals surface area (Å²) in [5, 5.41) is 0. The highest BCUT2D eigenvalue weighted by molar-refractivity contribution is 5.75. The van der Waals surface area contributed by atoms with Gasteiger partial charge in [0, 0.05) is 33.6 Å². The minimum Gasteiger partial charge on any atom is -0.349 e. The predicted octanol–water partition coefficient (Wildman–Crippen LogP) is 0.526.